The van der Waals surface area contributed by atoms with Crippen molar-refractivity contribution in [1.29, 1.82) is 0 Å². The largest absolute Gasteiger partial charge is 0.453 e. The molecule has 0 bridgehead atoms. The van der Waals surface area contributed by atoms with Gasteiger partial charge in [0.05, 0.1) is 89.9 Å². The maximum atomic E-state index is 12.7. The van der Waals surface area contributed by atoms with Crippen molar-refractivity contribution in [2.24, 2.45) is 0 Å². The van der Waals surface area contributed by atoms with Crippen LogP contribution in [-0.4, -0.2) is 101 Å². The van der Waals surface area contributed by atoms with Crippen LogP contribution in [0.5, 0.6) is 0 Å². The summed E-state index contributed by atoms with van der Waals surface area (Å²) in [5.41, 5.74) is 3.70. The third-order valence-electron chi connectivity index (χ3n) is 6.17. The predicted molar refractivity (Wildman–Crippen MR) is 163 cm³/mol. The molecule has 11 nitrogen and oxygen atoms in total. The molecule has 0 saturated heterocycles. The summed E-state index contributed by atoms with van der Waals surface area (Å²) in [5, 5.41) is 9.11. The molecule has 0 aliphatic carbocycles. The van der Waals surface area contributed by atoms with Gasteiger partial charge in [0.2, 0.25) is 0 Å². The first-order valence-electron chi connectivity index (χ1n) is 14.4. The van der Waals surface area contributed by atoms with Crippen LogP contribution in [0.2, 0.25) is 0 Å². The van der Waals surface area contributed by atoms with Gasteiger partial charge in [-0.25, -0.2) is 4.98 Å². The SMILES string of the molecule is CC.CN(CCOCCOCCOCCOCCOCCO)c1ccc(-c2cc(=O)c3ccc4[nH]cnc4c3o2)cc1. The standard InChI is InChI=1S/C29H37N3O8.C2H6/c1-32(8-10-35-12-14-37-16-18-39-19-17-38-15-13-36-11-9-33)23-4-2-22(3-5-23)27-20-26(34)24-6-7-25-28(29(24)40-27)31-21-30-25;1-2/h2-7,20-21,33H,8-19H2,1H3,(H,30,31);1-2H3. The van der Waals surface area contributed by atoms with E-state index in [0.29, 0.717) is 88.3 Å². The number of aliphatic hydroxyl groups excluding tert-OH is 1. The minimum Gasteiger partial charge on any atom is -0.453 e. The molecule has 0 aliphatic heterocycles. The van der Waals surface area contributed by atoms with Gasteiger partial charge in [-0.3, -0.25) is 4.79 Å². The van der Waals surface area contributed by atoms with Crippen molar-refractivity contribution in [2.45, 2.75) is 13.8 Å². The normalized spacial score (nSPS) is 11.1. The number of aromatic nitrogens is 2. The molecule has 4 rings (SSSR count). The van der Waals surface area contributed by atoms with E-state index in [1.54, 1.807) is 12.4 Å². The molecule has 0 fully saturated rings. The Labute approximate surface area is 246 Å². The van der Waals surface area contributed by atoms with Crippen LogP contribution in [0, 0.1) is 0 Å². The number of likely N-dealkylation sites (N-methyl/N-ethyl adjacent to an activating group) is 1. The average molecular weight is 586 g/mol. The Bertz CT molecular complexity index is 1360. The first-order chi connectivity index (χ1) is 20.7. The highest BCUT2D eigenvalue weighted by Gasteiger charge is 2.12. The van der Waals surface area contributed by atoms with Gasteiger partial charge in [0.15, 0.2) is 11.0 Å². The lowest BCUT2D eigenvalue weighted by molar-refractivity contribution is -0.0128. The van der Waals surface area contributed by atoms with Gasteiger partial charge in [0.25, 0.3) is 0 Å². The van der Waals surface area contributed by atoms with Gasteiger partial charge in [-0.15, -0.1) is 0 Å². The zero-order chi connectivity index (χ0) is 30.0. The van der Waals surface area contributed by atoms with Crippen molar-refractivity contribution in [2.75, 3.05) is 91.2 Å². The van der Waals surface area contributed by atoms with Gasteiger partial charge in [-0.2, -0.15) is 0 Å². The van der Waals surface area contributed by atoms with Crippen molar-refractivity contribution in [3.63, 3.8) is 0 Å². The number of fused-ring (bicyclic) bond motifs is 3. The van der Waals surface area contributed by atoms with Crippen LogP contribution in [0.3, 0.4) is 0 Å². The quantitative estimate of drug-likeness (QED) is 0.157. The molecule has 2 aromatic carbocycles. The van der Waals surface area contributed by atoms with E-state index >= 15 is 0 Å². The Kier molecular flexibility index (Phi) is 15.0. The van der Waals surface area contributed by atoms with Gasteiger partial charge in [0.1, 0.15) is 11.3 Å². The lowest BCUT2D eigenvalue weighted by atomic mass is 10.1. The van der Waals surface area contributed by atoms with Gasteiger partial charge in [0, 0.05) is 30.9 Å². The van der Waals surface area contributed by atoms with Crippen LogP contribution in [-0.2, 0) is 23.7 Å². The summed E-state index contributed by atoms with van der Waals surface area (Å²) in [4.78, 5) is 22.1. The number of rotatable bonds is 19. The van der Waals surface area contributed by atoms with Crippen LogP contribution in [0.25, 0.3) is 33.3 Å². The lowest BCUT2D eigenvalue weighted by Crippen LogP contribution is -2.23. The molecule has 0 spiro atoms. The van der Waals surface area contributed by atoms with Crippen molar-refractivity contribution in [3.8, 4) is 11.3 Å². The molecule has 42 heavy (non-hydrogen) atoms. The number of aliphatic hydroxyl groups is 1. The van der Waals surface area contributed by atoms with E-state index in [4.69, 9.17) is 33.2 Å². The van der Waals surface area contributed by atoms with Gasteiger partial charge in [-0.05, 0) is 36.4 Å². The molecule has 0 aliphatic rings. The second-order valence-corrected chi connectivity index (χ2v) is 8.97. The topological polar surface area (TPSA) is 129 Å². The molecule has 0 saturated carbocycles. The summed E-state index contributed by atoms with van der Waals surface area (Å²) in [6.45, 7) is 9.59. The van der Waals surface area contributed by atoms with E-state index < -0.39 is 0 Å². The third-order valence-corrected chi connectivity index (χ3v) is 6.17. The van der Waals surface area contributed by atoms with E-state index in [9.17, 15) is 4.79 Å². The molecule has 4 aromatic rings. The molecule has 0 atom stereocenters. The highest BCUT2D eigenvalue weighted by atomic mass is 16.6. The Morgan fingerprint density at radius 2 is 1.38 bits per heavy atom. The Balaban J connectivity index is 0.00000237. The molecule has 11 heteroatoms. The Morgan fingerprint density at radius 1 is 0.810 bits per heavy atom. The summed E-state index contributed by atoms with van der Waals surface area (Å²) in [6.07, 6.45) is 1.59. The minimum absolute atomic E-state index is 0.0219. The van der Waals surface area contributed by atoms with Crippen LogP contribution < -0.4 is 10.3 Å². The molecule has 2 N–H and O–H groups in total. The van der Waals surface area contributed by atoms with Gasteiger partial charge in [-0.1, -0.05) is 13.8 Å². The van der Waals surface area contributed by atoms with Crippen molar-refractivity contribution >= 4 is 27.7 Å². The molecular formula is C31H43N3O8. The molecule has 230 valence electrons. The summed E-state index contributed by atoms with van der Waals surface area (Å²) in [6, 6.07) is 13.0. The number of ether oxygens (including phenoxy) is 5. The first-order valence-corrected chi connectivity index (χ1v) is 14.4. The number of nitrogens with zero attached hydrogens (tertiary/aromatic N) is 2. The zero-order valence-corrected chi connectivity index (χ0v) is 24.8. The van der Waals surface area contributed by atoms with Crippen molar-refractivity contribution in [1.82, 2.24) is 9.97 Å². The molecule has 2 aromatic heterocycles. The predicted octanol–water partition coefficient (Wildman–Crippen LogP) is 3.87. The van der Waals surface area contributed by atoms with Crippen LogP contribution in [0.15, 0.2) is 58.0 Å². The second-order valence-electron chi connectivity index (χ2n) is 8.97. The number of benzene rings is 2. The van der Waals surface area contributed by atoms with Crippen LogP contribution >= 0.6 is 0 Å². The number of aromatic amines is 1. The van der Waals surface area contributed by atoms with Crippen molar-refractivity contribution in [3.05, 3.63) is 59.0 Å². The third kappa shape index (κ3) is 10.2. The molecular weight excluding hydrogens is 542 g/mol. The Hall–Kier alpha value is -3.32. The second kappa shape index (κ2) is 19.0. The fourth-order valence-corrected chi connectivity index (χ4v) is 4.02. The molecule has 0 unspecified atom stereocenters. The number of imidazole rings is 1. The minimum atomic E-state index is -0.0985. The number of nitrogens with one attached hydrogen (secondary N) is 1. The van der Waals surface area contributed by atoms with E-state index in [2.05, 4.69) is 14.9 Å². The summed E-state index contributed by atoms with van der Waals surface area (Å²) >= 11 is 0. The lowest BCUT2D eigenvalue weighted by Gasteiger charge is -2.19. The van der Waals surface area contributed by atoms with E-state index in [0.717, 1.165) is 23.3 Å². The monoisotopic (exact) mass is 585 g/mol. The first kappa shape index (κ1) is 33.2. The maximum Gasteiger partial charge on any atom is 0.193 e. The highest BCUT2D eigenvalue weighted by Crippen LogP contribution is 2.27. The number of H-pyrrole nitrogens is 1. The van der Waals surface area contributed by atoms with Crippen LogP contribution in [0.4, 0.5) is 5.69 Å². The number of anilines is 1. The smallest absolute Gasteiger partial charge is 0.193 e. The highest BCUT2D eigenvalue weighted by molar-refractivity contribution is 6.00. The molecule has 0 radical (unpaired) electrons. The number of hydrogen-bond acceptors (Lipinski definition) is 10. The zero-order valence-electron chi connectivity index (χ0n) is 24.8. The summed E-state index contributed by atoms with van der Waals surface area (Å²) in [7, 11) is 2.00. The number of hydrogen-bond donors (Lipinski definition) is 2. The molecule has 2 heterocycles. The van der Waals surface area contributed by atoms with E-state index in [1.807, 2.05) is 51.2 Å². The summed E-state index contributed by atoms with van der Waals surface area (Å²) in [5.74, 6) is 0.504. The maximum absolute atomic E-state index is 12.7. The Morgan fingerprint density at radius 3 is 1.98 bits per heavy atom. The van der Waals surface area contributed by atoms with E-state index in [-0.39, 0.29) is 12.0 Å². The molecule has 0 amide bonds. The van der Waals surface area contributed by atoms with Gasteiger partial charge < -0.3 is 43.1 Å². The van der Waals surface area contributed by atoms with Crippen LogP contribution in [0.1, 0.15) is 13.8 Å². The average Bonchev–Trinajstić information content (AvgIpc) is 3.51. The van der Waals surface area contributed by atoms with Crippen molar-refractivity contribution < 1.29 is 33.2 Å². The van der Waals surface area contributed by atoms with E-state index in [1.165, 1.54) is 6.07 Å². The fourth-order valence-electron chi connectivity index (χ4n) is 4.02. The van der Waals surface area contributed by atoms with Gasteiger partial charge >= 0.3 is 0 Å². The summed E-state index contributed by atoms with van der Waals surface area (Å²) < 4.78 is 33.2. The fraction of sp³-hybridized carbons (Fsp3) is 0.484.